The number of benzene rings is 2. The number of amides is 1. The monoisotopic (exact) mass is 287 g/mol. The van der Waals surface area contributed by atoms with E-state index in [0.717, 1.165) is 11.3 Å². The van der Waals surface area contributed by atoms with Crippen LogP contribution in [-0.4, -0.2) is 5.91 Å². The van der Waals surface area contributed by atoms with Gasteiger partial charge in [0.2, 0.25) is 0 Å². The van der Waals surface area contributed by atoms with Crippen LogP contribution in [0.1, 0.15) is 41.3 Å². The van der Waals surface area contributed by atoms with Crippen molar-refractivity contribution in [2.24, 2.45) is 0 Å². The topological polar surface area (TPSA) is 29.1 Å². The first-order valence-electron chi connectivity index (χ1n) is 6.65. The van der Waals surface area contributed by atoms with Crippen LogP contribution in [-0.2, 0) is 0 Å². The van der Waals surface area contributed by atoms with Crippen molar-refractivity contribution in [3.05, 3.63) is 64.2 Å². The first-order valence-corrected chi connectivity index (χ1v) is 7.03. The Morgan fingerprint density at radius 1 is 1.15 bits per heavy atom. The van der Waals surface area contributed by atoms with E-state index in [1.54, 1.807) is 18.2 Å². The van der Waals surface area contributed by atoms with Gasteiger partial charge in [0.1, 0.15) is 0 Å². The van der Waals surface area contributed by atoms with Gasteiger partial charge in [-0.3, -0.25) is 4.79 Å². The van der Waals surface area contributed by atoms with Crippen LogP contribution in [0.2, 0.25) is 5.02 Å². The van der Waals surface area contributed by atoms with E-state index >= 15 is 0 Å². The van der Waals surface area contributed by atoms with Crippen molar-refractivity contribution in [2.45, 2.75) is 26.7 Å². The van der Waals surface area contributed by atoms with Crippen molar-refractivity contribution in [1.82, 2.24) is 0 Å². The lowest BCUT2D eigenvalue weighted by Gasteiger charge is -2.13. The third-order valence-corrected chi connectivity index (χ3v) is 3.62. The summed E-state index contributed by atoms with van der Waals surface area (Å²) in [6, 6.07) is 13.2. The van der Waals surface area contributed by atoms with Crippen molar-refractivity contribution < 1.29 is 4.79 Å². The van der Waals surface area contributed by atoms with Gasteiger partial charge in [0.05, 0.1) is 10.6 Å². The summed E-state index contributed by atoms with van der Waals surface area (Å²) in [6.07, 6.45) is 0. The number of hydrogen-bond acceptors (Lipinski definition) is 1. The largest absolute Gasteiger partial charge is 0.322 e. The Hall–Kier alpha value is -1.80. The van der Waals surface area contributed by atoms with E-state index in [2.05, 4.69) is 25.2 Å². The van der Waals surface area contributed by atoms with Crippen LogP contribution < -0.4 is 5.32 Å². The minimum atomic E-state index is -0.181. The Bertz CT molecular complexity index is 635. The van der Waals surface area contributed by atoms with Gasteiger partial charge >= 0.3 is 0 Å². The molecule has 0 radical (unpaired) electrons. The van der Waals surface area contributed by atoms with Gasteiger partial charge in [0, 0.05) is 5.69 Å². The van der Waals surface area contributed by atoms with Gasteiger partial charge < -0.3 is 5.32 Å². The van der Waals surface area contributed by atoms with E-state index in [1.807, 2.05) is 25.1 Å². The zero-order valence-electron chi connectivity index (χ0n) is 11.9. The highest BCUT2D eigenvalue weighted by Gasteiger charge is 2.11. The summed E-state index contributed by atoms with van der Waals surface area (Å²) in [4.78, 5) is 12.3. The van der Waals surface area contributed by atoms with Gasteiger partial charge in [0.25, 0.3) is 5.91 Å². The van der Waals surface area contributed by atoms with Crippen molar-refractivity contribution in [3.63, 3.8) is 0 Å². The number of rotatable bonds is 3. The molecule has 0 spiro atoms. The van der Waals surface area contributed by atoms with Gasteiger partial charge in [-0.1, -0.05) is 49.7 Å². The maximum Gasteiger partial charge on any atom is 0.257 e. The number of carbonyl (C=O) groups is 1. The average Bonchev–Trinajstić information content (AvgIpc) is 2.41. The Morgan fingerprint density at radius 2 is 1.85 bits per heavy atom. The Labute approximate surface area is 124 Å². The Morgan fingerprint density at radius 3 is 2.50 bits per heavy atom. The zero-order valence-corrected chi connectivity index (χ0v) is 12.7. The van der Waals surface area contributed by atoms with Crippen molar-refractivity contribution >= 4 is 23.2 Å². The van der Waals surface area contributed by atoms with Gasteiger partial charge in [-0.05, 0) is 42.2 Å². The van der Waals surface area contributed by atoms with E-state index in [-0.39, 0.29) is 5.91 Å². The molecule has 0 aliphatic rings. The molecule has 0 aromatic heterocycles. The lowest BCUT2D eigenvalue weighted by Crippen LogP contribution is -2.13. The third-order valence-electron chi connectivity index (χ3n) is 3.29. The quantitative estimate of drug-likeness (QED) is 0.843. The standard InChI is InChI=1S/C17H18ClNO/c1-11(2)13-9-8-12(3)16(10-13)19-17(20)14-6-4-5-7-15(14)18/h4-11H,1-3H3,(H,19,20). The molecule has 2 aromatic carbocycles. The second kappa shape index (κ2) is 6.10. The second-order valence-corrected chi connectivity index (χ2v) is 5.57. The van der Waals surface area contributed by atoms with E-state index in [9.17, 15) is 4.79 Å². The number of aryl methyl sites for hydroxylation is 1. The van der Waals surface area contributed by atoms with Crippen LogP contribution in [0.15, 0.2) is 42.5 Å². The molecule has 2 nitrogen and oxygen atoms in total. The third kappa shape index (κ3) is 3.20. The van der Waals surface area contributed by atoms with Crippen molar-refractivity contribution in [3.8, 4) is 0 Å². The van der Waals surface area contributed by atoms with E-state index < -0.39 is 0 Å². The summed E-state index contributed by atoms with van der Waals surface area (Å²) in [5.74, 6) is 0.242. The predicted molar refractivity (Wildman–Crippen MR) is 84.7 cm³/mol. The summed E-state index contributed by atoms with van der Waals surface area (Å²) in [6.45, 7) is 6.24. The minimum Gasteiger partial charge on any atom is -0.322 e. The molecule has 1 N–H and O–H groups in total. The maximum atomic E-state index is 12.3. The molecule has 3 heteroatoms. The van der Waals surface area contributed by atoms with Crippen LogP contribution in [0.4, 0.5) is 5.69 Å². The summed E-state index contributed by atoms with van der Waals surface area (Å²) >= 11 is 6.05. The molecule has 0 saturated heterocycles. The lowest BCUT2D eigenvalue weighted by atomic mass is 10.0. The Balaban J connectivity index is 2.28. The average molecular weight is 288 g/mol. The molecule has 20 heavy (non-hydrogen) atoms. The molecule has 2 aromatic rings. The fourth-order valence-electron chi connectivity index (χ4n) is 1.97. The van der Waals surface area contributed by atoms with Crippen molar-refractivity contribution in [1.29, 1.82) is 0 Å². The highest BCUT2D eigenvalue weighted by atomic mass is 35.5. The maximum absolute atomic E-state index is 12.3. The first-order chi connectivity index (χ1) is 9.49. The molecule has 1 amide bonds. The molecule has 0 aliphatic heterocycles. The molecule has 2 rings (SSSR count). The molecule has 0 unspecified atom stereocenters. The summed E-state index contributed by atoms with van der Waals surface area (Å²) in [5.41, 5.74) is 3.56. The highest BCUT2D eigenvalue weighted by Crippen LogP contribution is 2.24. The van der Waals surface area contributed by atoms with E-state index in [0.29, 0.717) is 16.5 Å². The van der Waals surface area contributed by atoms with Crippen molar-refractivity contribution in [2.75, 3.05) is 5.32 Å². The molecule has 0 saturated carbocycles. The van der Waals surface area contributed by atoms with Gasteiger partial charge in [-0.2, -0.15) is 0 Å². The molecule has 0 aliphatic carbocycles. The molecular weight excluding hydrogens is 270 g/mol. The second-order valence-electron chi connectivity index (χ2n) is 5.16. The zero-order chi connectivity index (χ0) is 14.7. The first kappa shape index (κ1) is 14.6. The van der Waals surface area contributed by atoms with Gasteiger partial charge in [-0.25, -0.2) is 0 Å². The lowest BCUT2D eigenvalue weighted by molar-refractivity contribution is 0.102. The number of nitrogens with one attached hydrogen (secondary N) is 1. The minimum absolute atomic E-state index is 0.181. The molecule has 0 fully saturated rings. The molecule has 0 bridgehead atoms. The highest BCUT2D eigenvalue weighted by molar-refractivity contribution is 6.34. The molecule has 104 valence electrons. The van der Waals surface area contributed by atoms with Gasteiger partial charge in [-0.15, -0.1) is 0 Å². The fraction of sp³-hybridized carbons (Fsp3) is 0.235. The number of carbonyl (C=O) groups excluding carboxylic acids is 1. The SMILES string of the molecule is Cc1ccc(C(C)C)cc1NC(=O)c1ccccc1Cl. The number of hydrogen-bond donors (Lipinski definition) is 1. The fourth-order valence-corrected chi connectivity index (χ4v) is 2.19. The summed E-state index contributed by atoms with van der Waals surface area (Å²) in [5, 5.41) is 3.40. The van der Waals surface area contributed by atoms with Gasteiger partial charge in [0.15, 0.2) is 0 Å². The molecule has 0 atom stereocenters. The van der Waals surface area contributed by atoms with E-state index in [1.165, 1.54) is 5.56 Å². The molecular formula is C17H18ClNO. The van der Waals surface area contributed by atoms with E-state index in [4.69, 9.17) is 11.6 Å². The van der Waals surface area contributed by atoms with Crippen LogP contribution >= 0.6 is 11.6 Å². The predicted octanol–water partition coefficient (Wildman–Crippen LogP) is 5.02. The molecule has 0 heterocycles. The smallest absolute Gasteiger partial charge is 0.257 e. The Kier molecular flexibility index (Phi) is 4.46. The van der Waals surface area contributed by atoms with Crippen LogP contribution in [0.5, 0.6) is 0 Å². The van der Waals surface area contributed by atoms with Crippen LogP contribution in [0.3, 0.4) is 0 Å². The van der Waals surface area contributed by atoms with Crippen LogP contribution in [0.25, 0.3) is 0 Å². The number of halogens is 1. The summed E-state index contributed by atoms with van der Waals surface area (Å²) < 4.78 is 0. The van der Waals surface area contributed by atoms with Crippen LogP contribution in [0, 0.1) is 6.92 Å². The number of anilines is 1. The normalized spacial score (nSPS) is 10.7. The summed E-state index contributed by atoms with van der Waals surface area (Å²) in [7, 11) is 0.